The van der Waals surface area contributed by atoms with Gasteiger partial charge in [-0.05, 0) is 18.2 Å². The lowest BCUT2D eigenvalue weighted by Crippen LogP contribution is -2.43. The van der Waals surface area contributed by atoms with Gasteiger partial charge in [0, 0.05) is 20.1 Å². The molecule has 2 amide bonds. The minimum Gasteiger partial charge on any atom is -0.480 e. The normalized spacial score (nSPS) is 11.8. The van der Waals surface area contributed by atoms with E-state index in [9.17, 15) is 14.0 Å². The Kier molecular flexibility index (Phi) is 6.20. The minimum atomic E-state index is -1.18. The number of carboxylic acid groups (broad SMARTS) is 1. The number of urea groups is 1. The van der Waals surface area contributed by atoms with Crippen LogP contribution in [0.5, 0.6) is 0 Å². The molecule has 20 heavy (non-hydrogen) atoms. The summed E-state index contributed by atoms with van der Waals surface area (Å²) in [6, 6.07) is 1.61. The Labute approximate surface area is 119 Å². The van der Waals surface area contributed by atoms with Gasteiger partial charge in [0.1, 0.15) is 11.9 Å². The van der Waals surface area contributed by atoms with E-state index < -0.39 is 23.9 Å². The Balaban J connectivity index is 2.63. The number of nitrogens with one attached hydrogen (secondary N) is 2. The molecule has 0 bridgehead atoms. The summed E-state index contributed by atoms with van der Waals surface area (Å²) < 4.78 is 17.6. The number of hydrogen-bond donors (Lipinski definition) is 3. The van der Waals surface area contributed by atoms with Crippen LogP contribution in [0, 0.1) is 5.82 Å². The first-order chi connectivity index (χ1) is 9.43. The number of halogens is 2. The van der Waals surface area contributed by atoms with Crippen LogP contribution in [0.3, 0.4) is 0 Å². The largest absolute Gasteiger partial charge is 0.480 e. The van der Waals surface area contributed by atoms with Crippen LogP contribution in [-0.4, -0.2) is 36.9 Å². The zero-order valence-electron chi connectivity index (χ0n) is 10.7. The molecule has 1 unspecified atom stereocenters. The summed E-state index contributed by atoms with van der Waals surface area (Å²) in [6.07, 6.45) is 0.121. The maximum Gasteiger partial charge on any atom is 0.326 e. The summed E-state index contributed by atoms with van der Waals surface area (Å²) in [6.45, 7) is 0.189. The van der Waals surface area contributed by atoms with Crippen LogP contribution >= 0.6 is 11.6 Å². The minimum absolute atomic E-state index is 0.0175. The number of carboxylic acids is 1. The van der Waals surface area contributed by atoms with Crippen molar-refractivity contribution >= 4 is 29.3 Å². The molecule has 8 heteroatoms. The van der Waals surface area contributed by atoms with Gasteiger partial charge in [-0.15, -0.1) is 0 Å². The van der Waals surface area contributed by atoms with Crippen LogP contribution in [0.2, 0.25) is 5.02 Å². The Bertz CT molecular complexity index is 498. The highest BCUT2D eigenvalue weighted by molar-refractivity contribution is 6.33. The third-order valence-corrected chi connectivity index (χ3v) is 2.71. The monoisotopic (exact) mass is 304 g/mol. The number of ether oxygens (including phenoxy) is 1. The summed E-state index contributed by atoms with van der Waals surface area (Å²) >= 11 is 5.74. The Morgan fingerprint density at radius 3 is 2.75 bits per heavy atom. The molecule has 0 aliphatic heterocycles. The lowest BCUT2D eigenvalue weighted by atomic mass is 10.2. The topological polar surface area (TPSA) is 87.7 Å². The Morgan fingerprint density at radius 1 is 1.50 bits per heavy atom. The fourth-order valence-corrected chi connectivity index (χ4v) is 1.62. The van der Waals surface area contributed by atoms with Crippen LogP contribution in [-0.2, 0) is 9.53 Å². The van der Waals surface area contributed by atoms with Crippen molar-refractivity contribution in [1.29, 1.82) is 0 Å². The van der Waals surface area contributed by atoms with Gasteiger partial charge in [-0.2, -0.15) is 0 Å². The van der Waals surface area contributed by atoms with Gasteiger partial charge in [-0.1, -0.05) is 11.6 Å². The zero-order chi connectivity index (χ0) is 15.1. The lowest BCUT2D eigenvalue weighted by molar-refractivity contribution is -0.139. The number of carbonyl (C=O) groups excluding carboxylic acids is 1. The molecule has 0 heterocycles. The predicted octanol–water partition coefficient (Wildman–Crippen LogP) is 2.09. The third kappa shape index (κ3) is 5.02. The molecule has 1 aromatic carbocycles. The van der Waals surface area contributed by atoms with Gasteiger partial charge in [-0.25, -0.2) is 14.0 Å². The second-order valence-electron chi connectivity index (χ2n) is 3.89. The van der Waals surface area contributed by atoms with Gasteiger partial charge in [0.2, 0.25) is 0 Å². The first kappa shape index (κ1) is 16.2. The Morgan fingerprint density at radius 2 is 2.20 bits per heavy atom. The van der Waals surface area contributed by atoms with E-state index in [1.807, 2.05) is 0 Å². The van der Waals surface area contributed by atoms with Gasteiger partial charge in [0.15, 0.2) is 0 Å². The van der Waals surface area contributed by atoms with Crippen molar-refractivity contribution < 1.29 is 23.8 Å². The molecule has 0 aliphatic carbocycles. The van der Waals surface area contributed by atoms with Crippen molar-refractivity contribution in [3.8, 4) is 0 Å². The van der Waals surface area contributed by atoms with Crippen molar-refractivity contribution in [2.45, 2.75) is 12.5 Å². The molecule has 1 atom stereocenters. The number of amides is 2. The number of aliphatic carboxylic acids is 1. The summed E-state index contributed by atoms with van der Waals surface area (Å²) in [7, 11) is 1.43. The van der Waals surface area contributed by atoms with Gasteiger partial charge in [0.25, 0.3) is 0 Å². The SMILES string of the molecule is COCCC(NC(=O)Nc1ccc(F)cc1Cl)C(=O)O. The second kappa shape index (κ2) is 7.66. The smallest absolute Gasteiger partial charge is 0.326 e. The quantitative estimate of drug-likeness (QED) is 0.751. The molecule has 0 saturated heterocycles. The molecule has 0 saturated carbocycles. The summed E-state index contributed by atoms with van der Waals surface area (Å²) in [4.78, 5) is 22.6. The van der Waals surface area contributed by atoms with Crippen molar-refractivity contribution in [2.24, 2.45) is 0 Å². The molecule has 3 N–H and O–H groups in total. The predicted molar refractivity (Wildman–Crippen MR) is 71.5 cm³/mol. The van der Waals surface area contributed by atoms with Gasteiger partial charge in [0.05, 0.1) is 10.7 Å². The molecule has 0 aliphatic rings. The molecular formula is C12H14ClFN2O4. The van der Waals surface area contributed by atoms with E-state index in [-0.39, 0.29) is 23.7 Å². The Hall–Kier alpha value is -1.86. The number of hydrogen-bond acceptors (Lipinski definition) is 3. The van der Waals surface area contributed by atoms with E-state index in [1.165, 1.54) is 13.2 Å². The number of benzene rings is 1. The first-order valence-electron chi connectivity index (χ1n) is 5.68. The van der Waals surface area contributed by atoms with Gasteiger partial charge < -0.3 is 20.5 Å². The molecule has 110 valence electrons. The van der Waals surface area contributed by atoms with Crippen LogP contribution in [0.25, 0.3) is 0 Å². The van der Waals surface area contributed by atoms with Crippen molar-refractivity contribution in [3.63, 3.8) is 0 Å². The number of methoxy groups -OCH3 is 1. The van der Waals surface area contributed by atoms with E-state index in [4.69, 9.17) is 21.4 Å². The standard InChI is InChI=1S/C12H14ClFN2O4/c1-20-5-4-10(11(17)18)16-12(19)15-9-3-2-7(14)6-8(9)13/h2-3,6,10H,4-5H2,1H3,(H,17,18)(H2,15,16,19). The highest BCUT2D eigenvalue weighted by Gasteiger charge is 2.19. The highest BCUT2D eigenvalue weighted by Crippen LogP contribution is 2.22. The summed E-state index contributed by atoms with van der Waals surface area (Å²) in [5.41, 5.74) is 0.182. The third-order valence-electron chi connectivity index (χ3n) is 2.39. The maximum atomic E-state index is 12.8. The van der Waals surface area contributed by atoms with Crippen LogP contribution in [0.15, 0.2) is 18.2 Å². The maximum absolute atomic E-state index is 12.8. The summed E-state index contributed by atoms with van der Waals surface area (Å²) in [5.74, 6) is -1.72. The molecule has 1 aromatic rings. The lowest BCUT2D eigenvalue weighted by Gasteiger charge is -2.15. The molecule has 0 aromatic heterocycles. The molecule has 0 radical (unpaired) electrons. The van der Waals surface area contributed by atoms with E-state index in [0.717, 1.165) is 12.1 Å². The van der Waals surface area contributed by atoms with Gasteiger partial charge >= 0.3 is 12.0 Å². The first-order valence-corrected chi connectivity index (χ1v) is 6.06. The molecule has 0 fully saturated rings. The average molecular weight is 305 g/mol. The molecule has 1 rings (SSSR count). The number of rotatable bonds is 6. The summed E-state index contributed by atoms with van der Waals surface area (Å²) in [5, 5.41) is 13.6. The van der Waals surface area contributed by atoms with E-state index >= 15 is 0 Å². The van der Waals surface area contributed by atoms with E-state index in [1.54, 1.807) is 0 Å². The fourth-order valence-electron chi connectivity index (χ4n) is 1.40. The molecular weight excluding hydrogens is 291 g/mol. The van der Waals surface area contributed by atoms with Gasteiger partial charge in [-0.3, -0.25) is 0 Å². The highest BCUT2D eigenvalue weighted by atomic mass is 35.5. The molecule has 6 nitrogen and oxygen atoms in total. The van der Waals surface area contributed by atoms with Crippen LogP contribution < -0.4 is 10.6 Å². The van der Waals surface area contributed by atoms with E-state index in [2.05, 4.69) is 10.6 Å². The van der Waals surface area contributed by atoms with E-state index in [0.29, 0.717) is 0 Å². The van der Waals surface area contributed by atoms with Crippen molar-refractivity contribution in [2.75, 3.05) is 19.0 Å². The fraction of sp³-hybridized carbons (Fsp3) is 0.333. The van der Waals surface area contributed by atoms with Crippen LogP contribution in [0.1, 0.15) is 6.42 Å². The second-order valence-corrected chi connectivity index (χ2v) is 4.30. The zero-order valence-corrected chi connectivity index (χ0v) is 11.4. The average Bonchev–Trinajstić information content (AvgIpc) is 2.37. The van der Waals surface area contributed by atoms with Crippen molar-refractivity contribution in [3.05, 3.63) is 29.0 Å². The van der Waals surface area contributed by atoms with Crippen molar-refractivity contribution in [1.82, 2.24) is 5.32 Å². The van der Waals surface area contributed by atoms with Crippen LogP contribution in [0.4, 0.5) is 14.9 Å². The molecule has 0 spiro atoms. The number of anilines is 1. The number of carbonyl (C=O) groups is 2.